The third-order valence-electron chi connectivity index (χ3n) is 3.63. The standard InChI is InChI=1S/C14H20N2O3S/c1-20(17,18)13-7-3-6-12(9-13)19-11-5-2-4-10(8-11)14(15)16/h2,4-5,8,12-13H,3,6-7,9H2,1H3,(H3,15,16). The SMILES string of the molecule is CS(=O)(=O)C1CCCC(Oc2cccc(C(=N)N)c2)C1. The molecule has 6 heteroatoms. The summed E-state index contributed by atoms with van der Waals surface area (Å²) >= 11 is 0. The zero-order valence-electron chi connectivity index (χ0n) is 11.5. The maximum atomic E-state index is 11.6. The highest BCUT2D eigenvalue weighted by Crippen LogP contribution is 2.27. The van der Waals surface area contributed by atoms with E-state index >= 15 is 0 Å². The van der Waals surface area contributed by atoms with Crippen LogP contribution in [0, 0.1) is 5.41 Å². The lowest BCUT2D eigenvalue weighted by atomic mass is 9.97. The van der Waals surface area contributed by atoms with Gasteiger partial charge >= 0.3 is 0 Å². The fraction of sp³-hybridized carbons (Fsp3) is 0.500. The quantitative estimate of drug-likeness (QED) is 0.653. The van der Waals surface area contributed by atoms with Gasteiger partial charge in [0.1, 0.15) is 21.4 Å². The minimum absolute atomic E-state index is 0.00638. The number of benzene rings is 1. The Morgan fingerprint density at radius 1 is 1.40 bits per heavy atom. The predicted octanol–water partition coefficient (Wildman–Crippen LogP) is 1.71. The minimum atomic E-state index is -3.01. The predicted molar refractivity (Wildman–Crippen MR) is 79.0 cm³/mol. The second kappa shape index (κ2) is 5.83. The van der Waals surface area contributed by atoms with Gasteiger partial charge < -0.3 is 10.5 Å². The van der Waals surface area contributed by atoms with Crippen molar-refractivity contribution in [2.24, 2.45) is 5.73 Å². The van der Waals surface area contributed by atoms with Gasteiger partial charge in [0.05, 0.1) is 11.4 Å². The van der Waals surface area contributed by atoms with Crippen LogP contribution in [-0.2, 0) is 9.84 Å². The van der Waals surface area contributed by atoms with Gasteiger partial charge in [-0.25, -0.2) is 8.42 Å². The molecule has 1 fully saturated rings. The van der Waals surface area contributed by atoms with Crippen LogP contribution in [0.4, 0.5) is 0 Å². The van der Waals surface area contributed by atoms with Crippen LogP contribution < -0.4 is 10.5 Å². The lowest BCUT2D eigenvalue weighted by Crippen LogP contribution is -2.33. The highest BCUT2D eigenvalue weighted by Gasteiger charge is 2.29. The molecule has 0 amide bonds. The molecule has 1 aromatic carbocycles. The topological polar surface area (TPSA) is 93.2 Å². The Balaban J connectivity index is 2.06. The maximum absolute atomic E-state index is 11.6. The van der Waals surface area contributed by atoms with E-state index in [2.05, 4.69) is 0 Å². The van der Waals surface area contributed by atoms with Crippen LogP contribution in [0.5, 0.6) is 5.75 Å². The number of amidine groups is 1. The van der Waals surface area contributed by atoms with Crippen molar-refractivity contribution in [3.8, 4) is 5.75 Å². The number of hydrogen-bond acceptors (Lipinski definition) is 4. The smallest absolute Gasteiger partial charge is 0.150 e. The Kier molecular flexibility index (Phi) is 4.32. The highest BCUT2D eigenvalue weighted by molar-refractivity contribution is 7.91. The first kappa shape index (κ1) is 14.8. The maximum Gasteiger partial charge on any atom is 0.150 e. The van der Waals surface area contributed by atoms with Crippen LogP contribution >= 0.6 is 0 Å². The van der Waals surface area contributed by atoms with Crippen LogP contribution in [0.25, 0.3) is 0 Å². The summed E-state index contributed by atoms with van der Waals surface area (Å²) in [6, 6.07) is 7.04. The minimum Gasteiger partial charge on any atom is -0.490 e. The molecule has 2 unspecified atom stereocenters. The molecule has 0 heterocycles. The molecule has 0 bridgehead atoms. The number of rotatable bonds is 4. The lowest BCUT2D eigenvalue weighted by Gasteiger charge is -2.28. The Labute approximate surface area is 119 Å². The molecular weight excluding hydrogens is 276 g/mol. The number of nitrogens with one attached hydrogen (secondary N) is 1. The van der Waals surface area contributed by atoms with Crippen molar-refractivity contribution in [3.63, 3.8) is 0 Å². The summed E-state index contributed by atoms with van der Waals surface area (Å²) < 4.78 is 29.1. The summed E-state index contributed by atoms with van der Waals surface area (Å²) in [5.41, 5.74) is 6.05. The normalized spacial score (nSPS) is 23.2. The van der Waals surface area contributed by atoms with Gasteiger partial charge in [-0.3, -0.25) is 5.41 Å². The number of sulfone groups is 1. The van der Waals surface area contributed by atoms with E-state index in [1.165, 1.54) is 6.26 Å². The van der Waals surface area contributed by atoms with E-state index in [1.807, 2.05) is 0 Å². The first-order valence-electron chi connectivity index (χ1n) is 6.66. The molecule has 0 aromatic heterocycles. The molecule has 2 atom stereocenters. The van der Waals surface area contributed by atoms with E-state index in [0.717, 1.165) is 12.8 Å². The van der Waals surface area contributed by atoms with Gasteiger partial charge in [0, 0.05) is 18.2 Å². The second-order valence-corrected chi connectivity index (χ2v) is 7.63. The number of ether oxygens (including phenoxy) is 1. The molecular formula is C14H20N2O3S. The van der Waals surface area contributed by atoms with E-state index in [1.54, 1.807) is 24.3 Å². The summed E-state index contributed by atoms with van der Waals surface area (Å²) in [6.45, 7) is 0. The van der Waals surface area contributed by atoms with Gasteiger partial charge in [0.25, 0.3) is 0 Å². The van der Waals surface area contributed by atoms with Crippen LogP contribution in [-0.4, -0.2) is 31.9 Å². The van der Waals surface area contributed by atoms with Crippen LogP contribution in [0.2, 0.25) is 0 Å². The number of nitrogens with two attached hydrogens (primary N) is 1. The number of hydrogen-bond donors (Lipinski definition) is 2. The first-order chi connectivity index (χ1) is 9.36. The summed E-state index contributed by atoms with van der Waals surface area (Å²) in [6.07, 6.45) is 4.15. The van der Waals surface area contributed by atoms with Crippen molar-refractivity contribution in [3.05, 3.63) is 29.8 Å². The van der Waals surface area contributed by atoms with Crippen molar-refractivity contribution in [1.82, 2.24) is 0 Å². The van der Waals surface area contributed by atoms with Crippen LogP contribution in [0.3, 0.4) is 0 Å². The average Bonchev–Trinajstić information content (AvgIpc) is 2.38. The second-order valence-electron chi connectivity index (χ2n) is 5.30. The monoisotopic (exact) mass is 296 g/mol. The molecule has 0 spiro atoms. The summed E-state index contributed by atoms with van der Waals surface area (Å²) in [5.74, 6) is 0.630. The summed E-state index contributed by atoms with van der Waals surface area (Å²) in [4.78, 5) is 0. The fourth-order valence-electron chi connectivity index (χ4n) is 2.53. The van der Waals surface area contributed by atoms with Crippen molar-refractivity contribution in [2.45, 2.75) is 37.0 Å². The largest absolute Gasteiger partial charge is 0.490 e. The van der Waals surface area contributed by atoms with Gasteiger partial charge in [-0.1, -0.05) is 12.1 Å². The van der Waals surface area contributed by atoms with Gasteiger partial charge in [-0.05, 0) is 31.4 Å². The number of nitrogen functional groups attached to an aromatic ring is 1. The molecule has 0 radical (unpaired) electrons. The third-order valence-corrected chi connectivity index (χ3v) is 5.27. The molecule has 0 aliphatic heterocycles. The first-order valence-corrected chi connectivity index (χ1v) is 8.61. The summed E-state index contributed by atoms with van der Waals surface area (Å²) in [7, 11) is -3.01. The van der Waals surface area contributed by atoms with Crippen molar-refractivity contribution >= 4 is 15.7 Å². The van der Waals surface area contributed by atoms with E-state index in [9.17, 15) is 8.42 Å². The highest BCUT2D eigenvalue weighted by atomic mass is 32.2. The Morgan fingerprint density at radius 3 is 2.80 bits per heavy atom. The Hall–Kier alpha value is -1.56. The van der Waals surface area contributed by atoms with E-state index < -0.39 is 9.84 Å². The molecule has 1 aliphatic rings. The fourth-order valence-corrected chi connectivity index (χ4v) is 3.69. The Morgan fingerprint density at radius 2 is 2.15 bits per heavy atom. The van der Waals surface area contributed by atoms with Gasteiger partial charge in [0.15, 0.2) is 0 Å². The van der Waals surface area contributed by atoms with Crippen molar-refractivity contribution in [1.29, 1.82) is 5.41 Å². The molecule has 110 valence electrons. The van der Waals surface area contributed by atoms with Gasteiger partial charge in [-0.15, -0.1) is 0 Å². The molecule has 0 saturated heterocycles. The van der Waals surface area contributed by atoms with Crippen LogP contribution in [0.1, 0.15) is 31.2 Å². The zero-order valence-corrected chi connectivity index (χ0v) is 12.3. The summed E-state index contributed by atoms with van der Waals surface area (Å²) in [5, 5.41) is 7.10. The van der Waals surface area contributed by atoms with E-state index in [-0.39, 0.29) is 17.2 Å². The molecule has 1 aliphatic carbocycles. The average molecular weight is 296 g/mol. The van der Waals surface area contributed by atoms with E-state index in [0.29, 0.717) is 24.2 Å². The molecule has 5 nitrogen and oxygen atoms in total. The van der Waals surface area contributed by atoms with Crippen molar-refractivity contribution < 1.29 is 13.2 Å². The van der Waals surface area contributed by atoms with Crippen molar-refractivity contribution in [2.75, 3.05) is 6.26 Å². The molecule has 1 aromatic rings. The van der Waals surface area contributed by atoms with Gasteiger partial charge in [0.2, 0.25) is 0 Å². The molecule has 3 N–H and O–H groups in total. The third kappa shape index (κ3) is 3.72. The van der Waals surface area contributed by atoms with Gasteiger partial charge in [-0.2, -0.15) is 0 Å². The lowest BCUT2D eigenvalue weighted by molar-refractivity contribution is 0.156. The molecule has 20 heavy (non-hydrogen) atoms. The zero-order chi connectivity index (χ0) is 14.8. The molecule has 1 saturated carbocycles. The van der Waals surface area contributed by atoms with E-state index in [4.69, 9.17) is 15.9 Å². The Bertz CT molecular complexity index is 598. The van der Waals surface area contributed by atoms with Crippen LogP contribution in [0.15, 0.2) is 24.3 Å². The molecule has 2 rings (SSSR count).